The van der Waals surface area contributed by atoms with Crippen LogP contribution in [-0.2, 0) is 0 Å². The average molecular weight is 361 g/mol. The van der Waals surface area contributed by atoms with E-state index in [1.807, 2.05) is 54.6 Å². The van der Waals surface area contributed by atoms with Crippen LogP contribution in [0.4, 0.5) is 5.69 Å². The highest BCUT2D eigenvalue weighted by atomic mass is 32.1. The molecular weight excluding hydrogens is 342 g/mol. The topological polar surface area (TPSA) is 45.6 Å². The van der Waals surface area contributed by atoms with Crippen LogP contribution >= 0.6 is 12.2 Å². The van der Waals surface area contributed by atoms with Gasteiger partial charge in [-0.25, -0.2) is 0 Å². The fourth-order valence-corrected chi connectivity index (χ4v) is 2.56. The lowest BCUT2D eigenvalue weighted by Crippen LogP contribution is -2.23. The van der Waals surface area contributed by atoms with Crippen LogP contribution in [0, 0.1) is 0 Å². The Morgan fingerprint density at radius 1 is 0.885 bits per heavy atom. The zero-order chi connectivity index (χ0) is 18.2. The monoisotopic (exact) mass is 361 g/mol. The molecule has 0 radical (unpaired) electrons. The number of hydrogen-bond donors (Lipinski definition) is 2. The maximum atomic E-state index is 5.23. The summed E-state index contributed by atoms with van der Waals surface area (Å²) in [6, 6.07) is 26.0. The number of anilines is 1. The molecule has 0 atom stereocenters. The maximum Gasteiger partial charge on any atom is 0.191 e. The minimum Gasteiger partial charge on any atom is -0.497 e. The summed E-state index contributed by atoms with van der Waals surface area (Å²) >= 11 is 5.23. The molecule has 0 aromatic heterocycles. The Morgan fingerprint density at radius 2 is 1.54 bits per heavy atom. The van der Waals surface area contributed by atoms with Crippen molar-refractivity contribution in [3.63, 3.8) is 0 Å². The van der Waals surface area contributed by atoms with Crippen LogP contribution < -0.4 is 15.5 Å². The van der Waals surface area contributed by atoms with Gasteiger partial charge in [0, 0.05) is 5.69 Å². The second kappa shape index (κ2) is 8.78. The zero-order valence-corrected chi connectivity index (χ0v) is 15.2. The quantitative estimate of drug-likeness (QED) is 0.393. The molecule has 26 heavy (non-hydrogen) atoms. The van der Waals surface area contributed by atoms with Crippen molar-refractivity contribution in [1.29, 1.82) is 0 Å². The van der Waals surface area contributed by atoms with Gasteiger partial charge in [0.05, 0.1) is 13.3 Å². The van der Waals surface area contributed by atoms with Gasteiger partial charge in [-0.15, -0.1) is 0 Å². The van der Waals surface area contributed by atoms with E-state index in [4.69, 9.17) is 17.0 Å². The minimum atomic E-state index is 0.423. The number of benzene rings is 3. The van der Waals surface area contributed by atoms with Crippen LogP contribution in [0.15, 0.2) is 84.0 Å². The van der Waals surface area contributed by atoms with Crippen molar-refractivity contribution in [2.24, 2.45) is 5.10 Å². The number of rotatable bonds is 5. The van der Waals surface area contributed by atoms with Gasteiger partial charge in [0.25, 0.3) is 0 Å². The van der Waals surface area contributed by atoms with Crippen molar-refractivity contribution in [3.05, 3.63) is 84.4 Å². The summed E-state index contributed by atoms with van der Waals surface area (Å²) in [5.74, 6) is 0.798. The molecule has 0 heterocycles. The molecule has 0 aliphatic rings. The van der Waals surface area contributed by atoms with Crippen LogP contribution in [0.2, 0.25) is 0 Å². The smallest absolute Gasteiger partial charge is 0.191 e. The van der Waals surface area contributed by atoms with E-state index in [0.29, 0.717) is 5.11 Å². The molecule has 0 aliphatic carbocycles. The van der Waals surface area contributed by atoms with Crippen molar-refractivity contribution >= 4 is 29.2 Å². The normalized spacial score (nSPS) is 10.5. The molecule has 0 aliphatic heterocycles. The van der Waals surface area contributed by atoms with Gasteiger partial charge in [-0.2, -0.15) is 5.10 Å². The Kier molecular flexibility index (Phi) is 5.96. The fraction of sp³-hybridized carbons (Fsp3) is 0.0476. The van der Waals surface area contributed by atoms with Crippen molar-refractivity contribution in [1.82, 2.24) is 5.43 Å². The molecule has 0 amide bonds. The van der Waals surface area contributed by atoms with E-state index in [-0.39, 0.29) is 0 Å². The summed E-state index contributed by atoms with van der Waals surface area (Å²) in [6.07, 6.45) is 1.73. The molecule has 0 bridgehead atoms. The summed E-state index contributed by atoms with van der Waals surface area (Å²) < 4.78 is 5.12. The highest BCUT2D eigenvalue weighted by molar-refractivity contribution is 7.80. The van der Waals surface area contributed by atoms with Crippen LogP contribution in [0.1, 0.15) is 5.56 Å². The summed E-state index contributed by atoms with van der Waals surface area (Å²) in [5, 5.41) is 7.66. The van der Waals surface area contributed by atoms with E-state index < -0.39 is 0 Å². The van der Waals surface area contributed by atoms with Gasteiger partial charge in [0.15, 0.2) is 5.11 Å². The number of nitrogens with zero attached hydrogens (tertiary/aromatic N) is 1. The maximum absolute atomic E-state index is 5.23. The Bertz CT molecular complexity index is 875. The van der Waals surface area contributed by atoms with Crippen LogP contribution in [-0.4, -0.2) is 18.4 Å². The molecule has 0 fully saturated rings. The first-order valence-electron chi connectivity index (χ1n) is 8.14. The molecule has 4 nitrogen and oxygen atoms in total. The van der Waals surface area contributed by atoms with Gasteiger partial charge in [-0.1, -0.05) is 54.6 Å². The van der Waals surface area contributed by atoms with Crippen molar-refractivity contribution in [3.8, 4) is 16.9 Å². The minimum absolute atomic E-state index is 0.423. The van der Waals surface area contributed by atoms with Gasteiger partial charge < -0.3 is 10.1 Å². The molecule has 130 valence electrons. The third-order valence-electron chi connectivity index (χ3n) is 3.75. The molecule has 3 rings (SSSR count). The first-order chi connectivity index (χ1) is 12.7. The predicted molar refractivity (Wildman–Crippen MR) is 112 cm³/mol. The first kappa shape index (κ1) is 17.6. The molecule has 3 aromatic carbocycles. The Hall–Kier alpha value is -3.18. The second-order valence-corrected chi connectivity index (χ2v) is 5.95. The van der Waals surface area contributed by atoms with Gasteiger partial charge in [-0.05, 0) is 53.2 Å². The van der Waals surface area contributed by atoms with Crippen molar-refractivity contribution in [2.75, 3.05) is 12.4 Å². The van der Waals surface area contributed by atoms with E-state index >= 15 is 0 Å². The van der Waals surface area contributed by atoms with Gasteiger partial charge in [0.2, 0.25) is 0 Å². The highest BCUT2D eigenvalue weighted by Crippen LogP contribution is 2.18. The molecule has 3 aromatic rings. The SMILES string of the molecule is COc1ccc(NC(=S)N/N=C\c2ccc(-c3ccccc3)cc2)cc1. The lowest BCUT2D eigenvalue weighted by Gasteiger charge is -2.07. The summed E-state index contributed by atoms with van der Waals surface area (Å²) in [5.41, 5.74) is 7.04. The molecule has 0 unspecified atom stereocenters. The first-order valence-corrected chi connectivity index (χ1v) is 8.55. The van der Waals surface area contributed by atoms with Crippen molar-refractivity contribution < 1.29 is 4.74 Å². The highest BCUT2D eigenvalue weighted by Gasteiger charge is 1.98. The van der Waals surface area contributed by atoms with E-state index in [1.54, 1.807) is 13.3 Å². The van der Waals surface area contributed by atoms with Gasteiger partial charge in [0.1, 0.15) is 5.75 Å². The fourth-order valence-electron chi connectivity index (χ4n) is 2.39. The zero-order valence-electron chi connectivity index (χ0n) is 14.3. The third-order valence-corrected chi connectivity index (χ3v) is 3.94. The second-order valence-electron chi connectivity index (χ2n) is 5.54. The predicted octanol–water partition coefficient (Wildman–Crippen LogP) is 4.68. The Morgan fingerprint density at radius 3 is 2.19 bits per heavy atom. The number of ether oxygens (including phenoxy) is 1. The number of hydrazone groups is 1. The number of nitrogens with one attached hydrogen (secondary N) is 2. The summed E-state index contributed by atoms with van der Waals surface area (Å²) in [7, 11) is 1.63. The standard InChI is InChI=1S/C21H19N3OS/c1-25-20-13-11-19(12-14-20)23-21(26)24-22-15-16-7-9-18(10-8-16)17-5-3-2-4-6-17/h2-15H,1H3,(H2,23,24,26)/b22-15-. The van der Waals surface area contributed by atoms with Crippen LogP contribution in [0.5, 0.6) is 5.75 Å². The molecule has 2 N–H and O–H groups in total. The average Bonchev–Trinajstić information content (AvgIpc) is 2.70. The number of thiocarbonyl (C=S) groups is 1. The van der Waals surface area contributed by atoms with E-state index in [1.165, 1.54) is 11.1 Å². The van der Waals surface area contributed by atoms with Gasteiger partial charge in [-0.3, -0.25) is 5.43 Å². The lowest BCUT2D eigenvalue weighted by molar-refractivity contribution is 0.415. The van der Waals surface area contributed by atoms with E-state index in [9.17, 15) is 0 Å². The summed E-state index contributed by atoms with van der Waals surface area (Å²) in [4.78, 5) is 0. The summed E-state index contributed by atoms with van der Waals surface area (Å²) in [6.45, 7) is 0. The Balaban J connectivity index is 1.53. The molecule has 0 saturated heterocycles. The molecule has 5 heteroatoms. The van der Waals surface area contributed by atoms with Crippen LogP contribution in [0.3, 0.4) is 0 Å². The van der Waals surface area contributed by atoms with Crippen LogP contribution in [0.25, 0.3) is 11.1 Å². The lowest BCUT2D eigenvalue weighted by atomic mass is 10.0. The number of hydrogen-bond acceptors (Lipinski definition) is 3. The molecular formula is C21H19N3OS. The van der Waals surface area contributed by atoms with Crippen molar-refractivity contribution in [2.45, 2.75) is 0 Å². The molecule has 0 saturated carbocycles. The van der Waals surface area contributed by atoms with Gasteiger partial charge >= 0.3 is 0 Å². The Labute approximate surface area is 158 Å². The molecule has 0 spiro atoms. The third kappa shape index (κ3) is 4.91. The van der Waals surface area contributed by atoms with E-state index in [0.717, 1.165) is 17.0 Å². The van der Waals surface area contributed by atoms with E-state index in [2.05, 4.69) is 40.1 Å². The largest absolute Gasteiger partial charge is 0.497 e. The number of methoxy groups -OCH3 is 1.